The van der Waals surface area contributed by atoms with E-state index in [1.807, 2.05) is 28.1 Å². The van der Waals surface area contributed by atoms with Crippen LogP contribution in [-0.2, 0) is 27.9 Å². The van der Waals surface area contributed by atoms with Crippen LogP contribution in [-0.4, -0.2) is 75.6 Å². The number of phosphoric acid groups is 1. The quantitative estimate of drug-likeness (QED) is 0.0244. The maximum Gasteiger partial charge on any atom is 0.472 e. The molecule has 0 spiro atoms. The highest BCUT2D eigenvalue weighted by atomic mass is 31.2. The van der Waals surface area contributed by atoms with E-state index in [1.54, 1.807) is 0 Å². The van der Waals surface area contributed by atoms with Crippen molar-refractivity contribution in [1.82, 2.24) is 0 Å². The first kappa shape index (κ1) is 44.7. The molecule has 9 heteroatoms. The summed E-state index contributed by atoms with van der Waals surface area (Å²) in [6.07, 6.45) is 34.3. The summed E-state index contributed by atoms with van der Waals surface area (Å²) in [5.41, 5.74) is 0. The monoisotopic (exact) mass is 672 g/mol. The van der Waals surface area contributed by atoms with E-state index in [9.17, 15) is 14.3 Å². The van der Waals surface area contributed by atoms with Gasteiger partial charge in [-0.25, -0.2) is 4.57 Å². The molecule has 0 bridgehead atoms. The SMILES string of the molecule is CCCCCCC/C=C\C/C=C\C/C=C\CCCCCCCCCOCC(COP(=O)(O)OCC[N+](C)(C)C)OC(=O)CCCC. The Morgan fingerprint density at radius 2 is 1.20 bits per heavy atom. The summed E-state index contributed by atoms with van der Waals surface area (Å²) in [4.78, 5) is 22.2. The van der Waals surface area contributed by atoms with Crippen LogP contribution in [0.2, 0.25) is 0 Å². The van der Waals surface area contributed by atoms with Crippen LogP contribution in [0.1, 0.15) is 136 Å². The molecule has 0 heterocycles. The smallest absolute Gasteiger partial charge is 0.457 e. The first-order chi connectivity index (χ1) is 22.1. The molecule has 0 amide bonds. The Morgan fingerprint density at radius 3 is 1.76 bits per heavy atom. The van der Waals surface area contributed by atoms with Crippen LogP contribution < -0.4 is 0 Å². The number of allylic oxidation sites excluding steroid dienone is 6. The molecule has 270 valence electrons. The van der Waals surface area contributed by atoms with E-state index in [-0.39, 0.29) is 25.8 Å². The fourth-order valence-corrected chi connectivity index (χ4v) is 5.28. The van der Waals surface area contributed by atoms with Gasteiger partial charge in [0, 0.05) is 13.0 Å². The molecule has 1 N–H and O–H groups in total. The number of hydrogen-bond acceptors (Lipinski definition) is 6. The van der Waals surface area contributed by atoms with Crippen LogP contribution in [0.15, 0.2) is 36.5 Å². The molecule has 8 nitrogen and oxygen atoms in total. The lowest BCUT2D eigenvalue weighted by Crippen LogP contribution is -2.37. The number of carbonyl (C=O) groups excluding carboxylic acids is 1. The number of ether oxygens (including phenoxy) is 2. The van der Waals surface area contributed by atoms with Crippen molar-refractivity contribution >= 4 is 13.8 Å². The lowest BCUT2D eigenvalue weighted by atomic mass is 10.1. The van der Waals surface area contributed by atoms with Gasteiger partial charge in [0.2, 0.25) is 0 Å². The second-order valence-electron chi connectivity index (χ2n) is 13.3. The molecule has 46 heavy (non-hydrogen) atoms. The van der Waals surface area contributed by atoms with E-state index >= 15 is 0 Å². The maximum atomic E-state index is 12.3. The summed E-state index contributed by atoms with van der Waals surface area (Å²) in [5, 5.41) is 0. The zero-order valence-corrected chi connectivity index (χ0v) is 31.2. The zero-order valence-electron chi connectivity index (χ0n) is 30.3. The van der Waals surface area contributed by atoms with Gasteiger partial charge in [-0.3, -0.25) is 13.8 Å². The van der Waals surface area contributed by atoms with Gasteiger partial charge < -0.3 is 18.9 Å². The molecule has 2 atom stereocenters. The zero-order chi connectivity index (χ0) is 34.2. The van der Waals surface area contributed by atoms with Crippen molar-refractivity contribution in [3.8, 4) is 0 Å². The van der Waals surface area contributed by atoms with Gasteiger partial charge in [0.05, 0.1) is 34.4 Å². The Hall–Kier alpha value is -1.28. The summed E-state index contributed by atoms with van der Waals surface area (Å²) in [6.45, 7) is 5.32. The molecule has 0 saturated heterocycles. The standard InChI is InChI=1S/C37H70NO7P/c1-6-8-10-11-12-13-14-15-16-17-18-19-20-21-22-23-24-25-26-27-28-29-32-42-34-36(45-37(39)30-9-7-2)35-44-46(40,41)43-33-31-38(3,4)5/h14-15,17-18,20-21,36H,6-13,16,19,22-35H2,1-5H3/p+1/b15-14-,18-17-,21-20-. The van der Waals surface area contributed by atoms with E-state index in [1.165, 1.54) is 70.6 Å². The fraction of sp³-hybridized carbons (Fsp3) is 0.811. The minimum Gasteiger partial charge on any atom is -0.457 e. The van der Waals surface area contributed by atoms with Gasteiger partial charge in [0.25, 0.3) is 0 Å². The highest BCUT2D eigenvalue weighted by molar-refractivity contribution is 7.47. The molecule has 0 rings (SSSR count). The van der Waals surface area contributed by atoms with Gasteiger partial charge in [-0.1, -0.05) is 115 Å². The highest BCUT2D eigenvalue weighted by Crippen LogP contribution is 2.43. The van der Waals surface area contributed by atoms with Gasteiger partial charge >= 0.3 is 13.8 Å². The normalized spacial score (nSPS) is 14.5. The van der Waals surface area contributed by atoms with E-state index in [0.717, 1.165) is 44.9 Å². The van der Waals surface area contributed by atoms with Crippen molar-refractivity contribution in [2.45, 2.75) is 142 Å². The van der Waals surface area contributed by atoms with Crippen molar-refractivity contribution in [2.24, 2.45) is 0 Å². The molecule has 0 aliphatic carbocycles. The second-order valence-corrected chi connectivity index (χ2v) is 14.7. The number of nitrogens with zero attached hydrogens (tertiary/aromatic N) is 1. The first-order valence-electron chi connectivity index (χ1n) is 18.2. The number of likely N-dealkylation sites (N-methyl/N-ethyl adjacent to an activating group) is 1. The molecule has 0 saturated carbocycles. The molecular weight excluding hydrogens is 601 g/mol. The number of phosphoric ester groups is 1. The molecule has 0 aromatic carbocycles. The number of unbranched alkanes of at least 4 members (excludes halogenated alkanes) is 13. The molecule has 0 aliphatic rings. The minimum atomic E-state index is -4.25. The Bertz CT molecular complexity index is 838. The largest absolute Gasteiger partial charge is 0.472 e. The second kappa shape index (κ2) is 31.0. The lowest BCUT2D eigenvalue weighted by molar-refractivity contribution is -0.870. The molecule has 2 unspecified atom stereocenters. The third kappa shape index (κ3) is 34.1. The summed E-state index contributed by atoms with van der Waals surface area (Å²) < 4.78 is 34.3. The summed E-state index contributed by atoms with van der Waals surface area (Å²) >= 11 is 0. The van der Waals surface area contributed by atoms with Crippen LogP contribution in [0.25, 0.3) is 0 Å². The number of esters is 1. The summed E-state index contributed by atoms with van der Waals surface area (Å²) in [5.74, 6) is -0.355. The summed E-state index contributed by atoms with van der Waals surface area (Å²) in [7, 11) is 1.65. The van der Waals surface area contributed by atoms with E-state index < -0.39 is 13.9 Å². The van der Waals surface area contributed by atoms with E-state index in [0.29, 0.717) is 24.1 Å². The van der Waals surface area contributed by atoms with Gasteiger partial charge in [-0.15, -0.1) is 0 Å². The Morgan fingerprint density at radius 1 is 0.674 bits per heavy atom. The predicted octanol–water partition coefficient (Wildman–Crippen LogP) is 9.87. The fourth-order valence-electron chi connectivity index (χ4n) is 4.54. The van der Waals surface area contributed by atoms with Crippen LogP contribution in [0.4, 0.5) is 0 Å². The number of quaternary nitrogens is 1. The first-order valence-corrected chi connectivity index (χ1v) is 19.7. The van der Waals surface area contributed by atoms with Crippen molar-refractivity contribution in [3.05, 3.63) is 36.5 Å². The van der Waals surface area contributed by atoms with Gasteiger partial charge in [0.15, 0.2) is 0 Å². The topological polar surface area (TPSA) is 91.3 Å². The molecular formula is C37H71NO7P+. The molecule has 0 radical (unpaired) electrons. The Balaban J connectivity index is 3.92. The van der Waals surface area contributed by atoms with E-state index in [2.05, 4.69) is 43.4 Å². The maximum absolute atomic E-state index is 12.3. The molecule has 0 aliphatic heterocycles. The van der Waals surface area contributed by atoms with Gasteiger partial charge in [-0.05, 0) is 51.4 Å². The average Bonchev–Trinajstić information content (AvgIpc) is 3.00. The number of hydrogen-bond donors (Lipinski definition) is 1. The highest BCUT2D eigenvalue weighted by Gasteiger charge is 2.26. The Kier molecular flexibility index (Phi) is 30.2. The predicted molar refractivity (Wildman–Crippen MR) is 192 cm³/mol. The van der Waals surface area contributed by atoms with Crippen LogP contribution in [0.3, 0.4) is 0 Å². The van der Waals surface area contributed by atoms with Crippen LogP contribution in [0.5, 0.6) is 0 Å². The average molecular weight is 673 g/mol. The lowest BCUT2D eigenvalue weighted by Gasteiger charge is -2.24. The summed E-state index contributed by atoms with van der Waals surface area (Å²) in [6, 6.07) is 0. The van der Waals surface area contributed by atoms with Crippen LogP contribution in [0, 0.1) is 0 Å². The van der Waals surface area contributed by atoms with Crippen LogP contribution >= 0.6 is 7.82 Å². The van der Waals surface area contributed by atoms with Crippen molar-refractivity contribution < 1.29 is 37.3 Å². The van der Waals surface area contributed by atoms with Crippen molar-refractivity contribution in [2.75, 3.05) is 54.1 Å². The Labute approximate surface area is 283 Å². The molecule has 0 aromatic rings. The number of carbonyl (C=O) groups is 1. The van der Waals surface area contributed by atoms with Gasteiger partial charge in [-0.2, -0.15) is 0 Å². The van der Waals surface area contributed by atoms with Crippen molar-refractivity contribution in [1.29, 1.82) is 0 Å². The number of rotatable bonds is 33. The van der Waals surface area contributed by atoms with E-state index in [4.69, 9.17) is 18.5 Å². The third-order valence-corrected chi connectivity index (χ3v) is 8.44. The molecule has 0 fully saturated rings. The molecule has 0 aromatic heterocycles. The van der Waals surface area contributed by atoms with Crippen molar-refractivity contribution in [3.63, 3.8) is 0 Å². The minimum absolute atomic E-state index is 0.0847. The third-order valence-electron chi connectivity index (χ3n) is 7.45. The van der Waals surface area contributed by atoms with Gasteiger partial charge in [0.1, 0.15) is 19.3 Å².